The molecule has 0 aliphatic carbocycles. The first-order chi connectivity index (χ1) is 13.2. The standard InChI is InChI=1S/C18H14N4O3S2/c1-25-14-9-5-4-8-13(14)19-17-20-21-18(27-17)26-10-22-15(23)11-6-2-3-7-12(11)16(22)24/h2-9H,10H2,1H3,(H,19,20). The van der Waals surface area contributed by atoms with Crippen molar-refractivity contribution < 1.29 is 14.3 Å². The van der Waals surface area contributed by atoms with Crippen LogP contribution in [0.3, 0.4) is 0 Å². The minimum atomic E-state index is -0.278. The van der Waals surface area contributed by atoms with E-state index in [9.17, 15) is 9.59 Å². The summed E-state index contributed by atoms with van der Waals surface area (Å²) in [5.74, 6) is 0.336. The number of carbonyl (C=O) groups is 2. The van der Waals surface area contributed by atoms with Gasteiger partial charge in [-0.1, -0.05) is 47.4 Å². The van der Waals surface area contributed by atoms with Crippen LogP contribution in [0.1, 0.15) is 20.7 Å². The van der Waals surface area contributed by atoms with Gasteiger partial charge >= 0.3 is 0 Å². The molecule has 0 fully saturated rings. The molecule has 1 aliphatic heterocycles. The molecule has 0 saturated heterocycles. The Hall–Kier alpha value is -2.91. The first kappa shape index (κ1) is 17.5. The molecule has 27 heavy (non-hydrogen) atoms. The minimum Gasteiger partial charge on any atom is -0.495 e. The van der Waals surface area contributed by atoms with Gasteiger partial charge < -0.3 is 10.1 Å². The van der Waals surface area contributed by atoms with Gasteiger partial charge in [-0.25, -0.2) is 0 Å². The Bertz CT molecular complexity index is 986. The third kappa shape index (κ3) is 3.38. The number of carbonyl (C=O) groups excluding carboxylic acids is 2. The number of rotatable bonds is 6. The van der Waals surface area contributed by atoms with Gasteiger partial charge in [-0.15, -0.1) is 10.2 Å². The van der Waals surface area contributed by atoms with Gasteiger partial charge in [-0.2, -0.15) is 0 Å². The number of methoxy groups -OCH3 is 1. The molecule has 2 aromatic carbocycles. The number of aromatic nitrogens is 2. The van der Waals surface area contributed by atoms with Crippen LogP contribution in [-0.4, -0.2) is 39.9 Å². The zero-order chi connectivity index (χ0) is 18.8. The molecule has 4 rings (SSSR count). The maximum atomic E-state index is 12.4. The van der Waals surface area contributed by atoms with E-state index in [4.69, 9.17) is 4.74 Å². The quantitative estimate of drug-likeness (QED) is 0.501. The number of fused-ring (bicyclic) bond motifs is 1. The van der Waals surface area contributed by atoms with Gasteiger partial charge in [0.15, 0.2) is 4.34 Å². The molecule has 0 bridgehead atoms. The fraction of sp³-hybridized carbons (Fsp3) is 0.111. The summed E-state index contributed by atoms with van der Waals surface area (Å²) >= 11 is 2.64. The van der Waals surface area contributed by atoms with Crippen LogP contribution in [0.5, 0.6) is 5.75 Å². The number of amides is 2. The van der Waals surface area contributed by atoms with Gasteiger partial charge in [0, 0.05) is 0 Å². The molecule has 2 amide bonds. The van der Waals surface area contributed by atoms with Gasteiger partial charge in [0.05, 0.1) is 29.8 Å². The highest BCUT2D eigenvalue weighted by molar-refractivity contribution is 8.01. The molecule has 1 N–H and O–H groups in total. The van der Waals surface area contributed by atoms with Crippen LogP contribution in [0.4, 0.5) is 10.8 Å². The average molecular weight is 398 g/mol. The van der Waals surface area contributed by atoms with E-state index in [1.807, 2.05) is 24.3 Å². The van der Waals surface area contributed by atoms with Crippen molar-refractivity contribution >= 4 is 45.7 Å². The molecular formula is C18H14N4O3S2. The molecule has 0 saturated carbocycles. The number of anilines is 2. The maximum absolute atomic E-state index is 12.4. The molecule has 0 unspecified atom stereocenters. The molecular weight excluding hydrogens is 384 g/mol. The van der Waals surface area contributed by atoms with E-state index >= 15 is 0 Å². The largest absolute Gasteiger partial charge is 0.495 e. The fourth-order valence-electron chi connectivity index (χ4n) is 2.66. The number of ether oxygens (including phenoxy) is 1. The van der Waals surface area contributed by atoms with Crippen LogP contribution >= 0.6 is 23.1 Å². The second kappa shape index (κ2) is 7.37. The minimum absolute atomic E-state index is 0.190. The van der Waals surface area contributed by atoms with Crippen molar-refractivity contribution in [2.75, 3.05) is 18.3 Å². The van der Waals surface area contributed by atoms with Crippen LogP contribution < -0.4 is 10.1 Å². The topological polar surface area (TPSA) is 84.4 Å². The van der Waals surface area contributed by atoms with E-state index in [1.165, 1.54) is 28.0 Å². The van der Waals surface area contributed by atoms with Crippen molar-refractivity contribution in [1.82, 2.24) is 15.1 Å². The summed E-state index contributed by atoms with van der Waals surface area (Å²) in [5.41, 5.74) is 1.67. The lowest BCUT2D eigenvalue weighted by Crippen LogP contribution is -2.29. The average Bonchev–Trinajstić information content (AvgIpc) is 3.24. The maximum Gasteiger partial charge on any atom is 0.262 e. The van der Waals surface area contributed by atoms with Crippen LogP contribution in [-0.2, 0) is 0 Å². The van der Waals surface area contributed by atoms with E-state index < -0.39 is 0 Å². The Morgan fingerprint density at radius 3 is 2.41 bits per heavy atom. The van der Waals surface area contributed by atoms with Crippen molar-refractivity contribution in [3.8, 4) is 5.75 Å². The summed E-state index contributed by atoms with van der Waals surface area (Å²) in [4.78, 5) is 26.0. The van der Waals surface area contributed by atoms with Crippen LogP contribution in [0.25, 0.3) is 0 Å². The van der Waals surface area contributed by atoms with Crippen molar-refractivity contribution in [3.63, 3.8) is 0 Å². The lowest BCUT2D eigenvalue weighted by molar-refractivity contribution is 0.0684. The van der Waals surface area contributed by atoms with E-state index in [1.54, 1.807) is 31.4 Å². The highest BCUT2D eigenvalue weighted by atomic mass is 32.2. The summed E-state index contributed by atoms with van der Waals surface area (Å²) in [6, 6.07) is 14.3. The fourth-order valence-corrected chi connectivity index (χ4v) is 4.35. The predicted molar refractivity (Wildman–Crippen MR) is 104 cm³/mol. The summed E-state index contributed by atoms with van der Waals surface area (Å²) in [6.07, 6.45) is 0. The number of para-hydroxylation sites is 2. The van der Waals surface area contributed by atoms with Gasteiger partial charge in [-0.05, 0) is 24.3 Å². The second-order valence-electron chi connectivity index (χ2n) is 5.56. The SMILES string of the molecule is COc1ccccc1Nc1nnc(SCN2C(=O)c3ccccc3C2=O)s1. The number of hydrogen-bond donors (Lipinski definition) is 1. The molecule has 0 radical (unpaired) electrons. The molecule has 0 atom stereocenters. The van der Waals surface area contributed by atoms with Crippen LogP contribution in [0, 0.1) is 0 Å². The smallest absolute Gasteiger partial charge is 0.262 e. The number of thioether (sulfide) groups is 1. The summed E-state index contributed by atoms with van der Waals surface area (Å²) in [7, 11) is 1.60. The number of nitrogens with zero attached hydrogens (tertiary/aromatic N) is 3. The van der Waals surface area contributed by atoms with Gasteiger partial charge in [-0.3, -0.25) is 14.5 Å². The van der Waals surface area contributed by atoms with Crippen molar-refractivity contribution in [2.45, 2.75) is 4.34 Å². The van der Waals surface area contributed by atoms with E-state index in [0.717, 1.165) is 5.69 Å². The monoisotopic (exact) mass is 398 g/mol. The van der Waals surface area contributed by atoms with E-state index in [2.05, 4.69) is 15.5 Å². The number of nitrogens with one attached hydrogen (secondary N) is 1. The van der Waals surface area contributed by atoms with Crippen molar-refractivity contribution in [2.24, 2.45) is 0 Å². The first-order valence-electron chi connectivity index (χ1n) is 7.99. The highest BCUT2D eigenvalue weighted by Crippen LogP contribution is 2.33. The van der Waals surface area contributed by atoms with Gasteiger partial charge in [0.2, 0.25) is 5.13 Å². The van der Waals surface area contributed by atoms with Crippen molar-refractivity contribution in [1.29, 1.82) is 0 Å². The van der Waals surface area contributed by atoms with Gasteiger partial charge in [0.25, 0.3) is 11.8 Å². The molecule has 7 nitrogen and oxygen atoms in total. The Kier molecular flexibility index (Phi) is 4.78. The number of hydrogen-bond acceptors (Lipinski definition) is 8. The van der Waals surface area contributed by atoms with Crippen molar-refractivity contribution in [3.05, 3.63) is 59.7 Å². The molecule has 1 aromatic heterocycles. The third-order valence-electron chi connectivity index (χ3n) is 3.95. The number of benzene rings is 2. The lowest BCUT2D eigenvalue weighted by Gasteiger charge is -2.11. The predicted octanol–water partition coefficient (Wildman–Crippen LogP) is 3.64. The van der Waals surface area contributed by atoms with E-state index in [-0.39, 0.29) is 17.7 Å². The van der Waals surface area contributed by atoms with E-state index in [0.29, 0.717) is 26.3 Å². The second-order valence-corrected chi connectivity index (χ2v) is 7.73. The normalized spacial score (nSPS) is 13.0. The third-order valence-corrected chi connectivity index (χ3v) is 5.90. The number of imide groups is 1. The molecule has 0 spiro atoms. The lowest BCUT2D eigenvalue weighted by atomic mass is 10.1. The molecule has 9 heteroatoms. The summed E-state index contributed by atoms with van der Waals surface area (Å²) < 4.78 is 5.96. The summed E-state index contributed by atoms with van der Waals surface area (Å²) in [6.45, 7) is 0. The zero-order valence-electron chi connectivity index (χ0n) is 14.2. The van der Waals surface area contributed by atoms with Crippen LogP contribution in [0.2, 0.25) is 0 Å². The molecule has 3 aromatic rings. The Balaban J connectivity index is 1.42. The molecule has 2 heterocycles. The summed E-state index contributed by atoms with van der Waals surface area (Å²) in [5, 5.41) is 12.0. The Morgan fingerprint density at radius 1 is 1.04 bits per heavy atom. The zero-order valence-corrected chi connectivity index (χ0v) is 15.8. The first-order valence-corrected chi connectivity index (χ1v) is 9.79. The van der Waals surface area contributed by atoms with Gasteiger partial charge in [0.1, 0.15) is 5.75 Å². The molecule has 1 aliphatic rings. The Labute approximate surface area is 163 Å². The Morgan fingerprint density at radius 2 is 1.70 bits per heavy atom. The molecule has 136 valence electrons. The highest BCUT2D eigenvalue weighted by Gasteiger charge is 2.35. The van der Waals surface area contributed by atoms with Crippen LogP contribution in [0.15, 0.2) is 52.9 Å².